The van der Waals surface area contributed by atoms with Crippen LogP contribution in [0.1, 0.15) is 43.9 Å². The zero-order valence-corrected chi connectivity index (χ0v) is 11.8. The molecule has 18 heavy (non-hydrogen) atoms. The largest absolute Gasteiger partial charge is 0.494 e. The van der Waals surface area contributed by atoms with Crippen molar-refractivity contribution in [2.75, 3.05) is 6.61 Å². The van der Waals surface area contributed by atoms with Gasteiger partial charge in [0, 0.05) is 5.41 Å². The number of aliphatic carboxylic acids is 1. The lowest BCUT2D eigenvalue weighted by atomic mass is 9.78. The summed E-state index contributed by atoms with van der Waals surface area (Å²) in [6.45, 7) is 10.5. The lowest BCUT2D eigenvalue weighted by Crippen LogP contribution is -2.23. The van der Waals surface area contributed by atoms with E-state index in [0.29, 0.717) is 6.61 Å². The van der Waals surface area contributed by atoms with Gasteiger partial charge in [-0.3, -0.25) is 4.79 Å². The van der Waals surface area contributed by atoms with Crippen LogP contribution in [0.2, 0.25) is 0 Å². The maximum absolute atomic E-state index is 10.9. The smallest absolute Gasteiger partial charge is 0.304 e. The van der Waals surface area contributed by atoms with Gasteiger partial charge in [-0.15, -0.1) is 0 Å². The maximum atomic E-state index is 10.9. The van der Waals surface area contributed by atoms with Gasteiger partial charge in [-0.1, -0.05) is 19.9 Å². The Labute approximate surface area is 109 Å². The summed E-state index contributed by atoms with van der Waals surface area (Å²) in [5.74, 6) is 0.107. The van der Waals surface area contributed by atoms with Gasteiger partial charge in [-0.25, -0.2) is 0 Å². The van der Waals surface area contributed by atoms with Crippen LogP contribution in [0.4, 0.5) is 0 Å². The number of benzene rings is 1. The minimum absolute atomic E-state index is 0.126. The van der Waals surface area contributed by atoms with Crippen LogP contribution in [0.25, 0.3) is 0 Å². The lowest BCUT2D eigenvalue weighted by Gasteiger charge is -2.26. The minimum Gasteiger partial charge on any atom is -0.494 e. The Morgan fingerprint density at radius 3 is 2.39 bits per heavy atom. The van der Waals surface area contributed by atoms with Crippen molar-refractivity contribution in [1.82, 2.24) is 0 Å². The third kappa shape index (κ3) is 3.25. The molecule has 1 rings (SSSR count). The van der Waals surface area contributed by atoms with Crippen molar-refractivity contribution in [1.29, 1.82) is 0 Å². The van der Waals surface area contributed by atoms with Crippen LogP contribution in [0.15, 0.2) is 12.1 Å². The van der Waals surface area contributed by atoms with Gasteiger partial charge in [0.15, 0.2) is 0 Å². The van der Waals surface area contributed by atoms with Gasteiger partial charge >= 0.3 is 5.97 Å². The molecule has 0 aliphatic carbocycles. The van der Waals surface area contributed by atoms with E-state index in [4.69, 9.17) is 9.84 Å². The summed E-state index contributed by atoms with van der Waals surface area (Å²) in [6, 6.07) is 4.04. The number of aryl methyl sites for hydroxylation is 2. The Morgan fingerprint density at radius 2 is 1.89 bits per heavy atom. The molecule has 0 bridgehead atoms. The monoisotopic (exact) mass is 250 g/mol. The predicted molar refractivity (Wildman–Crippen MR) is 72.4 cm³/mol. The van der Waals surface area contributed by atoms with Crippen LogP contribution >= 0.6 is 0 Å². The van der Waals surface area contributed by atoms with Crippen LogP contribution in [-0.2, 0) is 10.2 Å². The Balaban J connectivity index is 3.18. The molecule has 0 atom stereocenters. The maximum Gasteiger partial charge on any atom is 0.304 e. The molecule has 0 radical (unpaired) electrons. The van der Waals surface area contributed by atoms with Crippen LogP contribution in [0, 0.1) is 13.8 Å². The van der Waals surface area contributed by atoms with E-state index in [1.165, 1.54) is 0 Å². The molecule has 0 heterocycles. The second-order valence-corrected chi connectivity index (χ2v) is 5.32. The molecule has 0 aliphatic heterocycles. The molecular formula is C15H22O3. The quantitative estimate of drug-likeness (QED) is 0.870. The van der Waals surface area contributed by atoms with Gasteiger partial charge in [-0.05, 0) is 43.5 Å². The van der Waals surface area contributed by atoms with Crippen molar-refractivity contribution in [2.24, 2.45) is 0 Å². The molecule has 0 amide bonds. The van der Waals surface area contributed by atoms with E-state index in [1.54, 1.807) is 0 Å². The number of hydrogen-bond donors (Lipinski definition) is 1. The molecule has 1 N–H and O–H groups in total. The summed E-state index contributed by atoms with van der Waals surface area (Å²) >= 11 is 0. The highest BCUT2D eigenvalue weighted by Gasteiger charge is 2.26. The molecule has 0 spiro atoms. The van der Waals surface area contributed by atoms with E-state index in [2.05, 4.69) is 0 Å². The summed E-state index contributed by atoms with van der Waals surface area (Å²) in [5, 5.41) is 8.98. The molecule has 0 unspecified atom stereocenters. The molecule has 1 aromatic carbocycles. The predicted octanol–water partition coefficient (Wildman–Crippen LogP) is 3.45. The lowest BCUT2D eigenvalue weighted by molar-refractivity contribution is -0.138. The normalized spacial score (nSPS) is 11.4. The van der Waals surface area contributed by atoms with Gasteiger partial charge in [0.2, 0.25) is 0 Å². The second-order valence-electron chi connectivity index (χ2n) is 5.32. The van der Waals surface area contributed by atoms with Crippen LogP contribution in [0.5, 0.6) is 5.75 Å². The van der Waals surface area contributed by atoms with E-state index in [0.717, 1.165) is 22.4 Å². The molecule has 0 saturated heterocycles. The van der Waals surface area contributed by atoms with E-state index in [1.807, 2.05) is 46.8 Å². The third-order valence-corrected chi connectivity index (χ3v) is 3.14. The SMILES string of the molecule is CCOc1cc(C)c(C(C)(C)CC(=O)O)cc1C. The molecule has 0 aromatic heterocycles. The first-order valence-corrected chi connectivity index (χ1v) is 6.24. The van der Waals surface area contributed by atoms with Crippen LogP contribution < -0.4 is 4.74 Å². The van der Waals surface area contributed by atoms with Crippen molar-refractivity contribution in [3.63, 3.8) is 0 Å². The first kappa shape index (κ1) is 14.6. The van der Waals surface area contributed by atoms with Crippen molar-refractivity contribution in [2.45, 2.75) is 46.5 Å². The number of carbonyl (C=O) groups is 1. The Morgan fingerprint density at radius 1 is 1.28 bits per heavy atom. The molecule has 1 aromatic rings. The molecule has 3 heteroatoms. The van der Waals surface area contributed by atoms with Crippen LogP contribution in [0.3, 0.4) is 0 Å². The van der Waals surface area contributed by atoms with Crippen molar-refractivity contribution in [3.05, 3.63) is 28.8 Å². The summed E-state index contributed by atoms with van der Waals surface area (Å²) < 4.78 is 5.55. The standard InChI is InChI=1S/C15H22O3/c1-6-18-13-8-10(2)12(7-11(13)3)15(4,5)9-14(16)17/h7-8H,6,9H2,1-5H3,(H,16,17). The number of hydrogen-bond acceptors (Lipinski definition) is 2. The van der Waals surface area contributed by atoms with Crippen molar-refractivity contribution in [3.8, 4) is 5.75 Å². The molecule has 0 saturated carbocycles. The summed E-state index contributed by atoms with van der Waals surface area (Å²) in [6.07, 6.45) is 0.126. The fraction of sp³-hybridized carbons (Fsp3) is 0.533. The van der Waals surface area contributed by atoms with Crippen molar-refractivity contribution >= 4 is 5.97 Å². The number of carboxylic acids is 1. The topological polar surface area (TPSA) is 46.5 Å². The highest BCUT2D eigenvalue weighted by molar-refractivity contribution is 5.69. The molecule has 0 fully saturated rings. The first-order valence-electron chi connectivity index (χ1n) is 6.24. The average molecular weight is 250 g/mol. The molecule has 100 valence electrons. The van der Waals surface area contributed by atoms with E-state index in [9.17, 15) is 4.79 Å². The molecular weight excluding hydrogens is 228 g/mol. The van der Waals surface area contributed by atoms with Crippen molar-refractivity contribution < 1.29 is 14.6 Å². The zero-order valence-electron chi connectivity index (χ0n) is 11.8. The minimum atomic E-state index is -0.772. The summed E-state index contributed by atoms with van der Waals surface area (Å²) in [5.41, 5.74) is 2.84. The first-order chi connectivity index (χ1) is 8.27. The Kier molecular flexibility index (Phi) is 4.38. The average Bonchev–Trinajstić information content (AvgIpc) is 2.21. The Bertz CT molecular complexity index is 447. The second kappa shape index (κ2) is 5.42. The van der Waals surface area contributed by atoms with Gasteiger partial charge in [0.1, 0.15) is 5.75 Å². The highest BCUT2D eigenvalue weighted by Crippen LogP contribution is 2.33. The van der Waals surface area contributed by atoms with E-state index in [-0.39, 0.29) is 11.8 Å². The molecule has 0 aliphatic rings. The van der Waals surface area contributed by atoms with E-state index >= 15 is 0 Å². The molecule has 3 nitrogen and oxygen atoms in total. The summed E-state index contributed by atoms with van der Waals surface area (Å²) in [7, 11) is 0. The van der Waals surface area contributed by atoms with Gasteiger partial charge in [0.05, 0.1) is 13.0 Å². The zero-order chi connectivity index (χ0) is 13.9. The van der Waals surface area contributed by atoms with Gasteiger partial charge < -0.3 is 9.84 Å². The number of carboxylic acid groups (broad SMARTS) is 1. The van der Waals surface area contributed by atoms with Crippen LogP contribution in [-0.4, -0.2) is 17.7 Å². The number of ether oxygens (including phenoxy) is 1. The fourth-order valence-corrected chi connectivity index (χ4v) is 2.30. The Hall–Kier alpha value is -1.51. The fourth-order valence-electron chi connectivity index (χ4n) is 2.30. The van der Waals surface area contributed by atoms with E-state index < -0.39 is 5.97 Å². The summed E-state index contributed by atoms with van der Waals surface area (Å²) in [4.78, 5) is 10.9. The third-order valence-electron chi connectivity index (χ3n) is 3.14. The highest BCUT2D eigenvalue weighted by atomic mass is 16.5. The van der Waals surface area contributed by atoms with Gasteiger partial charge in [-0.2, -0.15) is 0 Å². The van der Waals surface area contributed by atoms with Gasteiger partial charge in [0.25, 0.3) is 0 Å². The number of rotatable bonds is 5.